The van der Waals surface area contributed by atoms with Gasteiger partial charge >= 0.3 is 5.97 Å². The van der Waals surface area contributed by atoms with Crippen LogP contribution < -0.4 is 5.32 Å². The maximum Gasteiger partial charge on any atom is 0.337 e. The molecule has 0 saturated carbocycles. The van der Waals surface area contributed by atoms with E-state index in [9.17, 15) is 4.79 Å². The molecule has 0 fully saturated rings. The lowest BCUT2D eigenvalue weighted by atomic mass is 10.1. The monoisotopic (exact) mass is 246 g/mol. The largest absolute Gasteiger partial charge is 0.465 e. The van der Waals surface area contributed by atoms with Crippen LogP contribution in [0.1, 0.15) is 16.1 Å². The van der Waals surface area contributed by atoms with Gasteiger partial charge in [-0.1, -0.05) is 12.1 Å². The Morgan fingerprint density at radius 2 is 1.94 bits per heavy atom. The van der Waals surface area contributed by atoms with Crippen molar-refractivity contribution < 1.29 is 19.3 Å². The Hall–Kier alpha value is -2.07. The highest BCUT2D eigenvalue weighted by atomic mass is 16.5. The van der Waals surface area contributed by atoms with E-state index in [1.807, 2.05) is 36.6 Å². The number of furan rings is 1. The van der Waals surface area contributed by atoms with Crippen LogP contribution in [0.15, 0.2) is 40.8 Å². The summed E-state index contributed by atoms with van der Waals surface area (Å²) in [5.74, 6) is 1.41. The third kappa shape index (κ3) is 2.60. The lowest BCUT2D eigenvalue weighted by Gasteiger charge is -2.00. The summed E-state index contributed by atoms with van der Waals surface area (Å²) in [6, 6.07) is 11.1. The fourth-order valence-electron chi connectivity index (χ4n) is 1.73. The number of esters is 1. The number of carbonyl (C=O) groups is 1. The minimum atomic E-state index is -0.331. The maximum atomic E-state index is 11.3. The van der Waals surface area contributed by atoms with Gasteiger partial charge in [-0.15, -0.1) is 0 Å². The zero-order valence-corrected chi connectivity index (χ0v) is 10.5. The minimum Gasteiger partial charge on any atom is -0.465 e. The number of quaternary nitrogens is 1. The van der Waals surface area contributed by atoms with Crippen molar-refractivity contribution >= 4 is 5.97 Å². The molecule has 0 aliphatic heterocycles. The van der Waals surface area contributed by atoms with Crippen LogP contribution in [-0.4, -0.2) is 20.1 Å². The zero-order chi connectivity index (χ0) is 13.0. The third-order valence-electron chi connectivity index (χ3n) is 2.66. The van der Waals surface area contributed by atoms with Crippen LogP contribution in [-0.2, 0) is 11.3 Å². The van der Waals surface area contributed by atoms with Crippen molar-refractivity contribution in [1.29, 1.82) is 0 Å². The molecule has 4 nitrogen and oxygen atoms in total. The van der Waals surface area contributed by atoms with Crippen LogP contribution in [0.3, 0.4) is 0 Å². The second-order valence-corrected chi connectivity index (χ2v) is 3.95. The first-order chi connectivity index (χ1) is 8.74. The van der Waals surface area contributed by atoms with E-state index < -0.39 is 0 Å². The SMILES string of the molecule is C[NH2+]Cc1ccc(-c2ccc(C(=O)OC)cc2)o1. The second kappa shape index (κ2) is 5.51. The van der Waals surface area contributed by atoms with Gasteiger partial charge in [-0.3, -0.25) is 0 Å². The van der Waals surface area contributed by atoms with Crippen LogP contribution in [0.5, 0.6) is 0 Å². The zero-order valence-electron chi connectivity index (χ0n) is 10.5. The van der Waals surface area contributed by atoms with Gasteiger partial charge in [0.15, 0.2) is 5.76 Å². The number of hydrogen-bond acceptors (Lipinski definition) is 3. The predicted octanol–water partition coefficient (Wildman–Crippen LogP) is 1.43. The molecule has 0 radical (unpaired) electrons. The summed E-state index contributed by atoms with van der Waals surface area (Å²) in [5.41, 5.74) is 1.49. The van der Waals surface area contributed by atoms with Crippen LogP contribution in [0, 0.1) is 0 Å². The Labute approximate surface area is 106 Å². The molecule has 4 heteroatoms. The first-order valence-corrected chi connectivity index (χ1v) is 5.80. The van der Waals surface area contributed by atoms with Gasteiger partial charge in [-0.25, -0.2) is 4.79 Å². The molecule has 0 saturated heterocycles. The van der Waals surface area contributed by atoms with Crippen molar-refractivity contribution in [3.8, 4) is 11.3 Å². The van der Waals surface area contributed by atoms with Gasteiger partial charge in [0.05, 0.1) is 19.7 Å². The minimum absolute atomic E-state index is 0.331. The maximum absolute atomic E-state index is 11.3. The Morgan fingerprint density at radius 1 is 1.22 bits per heavy atom. The van der Waals surface area contributed by atoms with E-state index in [2.05, 4.69) is 4.74 Å². The normalized spacial score (nSPS) is 10.3. The summed E-state index contributed by atoms with van der Waals surface area (Å²) in [6.07, 6.45) is 0. The van der Waals surface area contributed by atoms with Gasteiger partial charge in [0.25, 0.3) is 0 Å². The van der Waals surface area contributed by atoms with Gasteiger partial charge in [-0.05, 0) is 24.3 Å². The highest BCUT2D eigenvalue weighted by Gasteiger charge is 2.08. The fraction of sp³-hybridized carbons (Fsp3) is 0.214. The van der Waals surface area contributed by atoms with Gasteiger partial charge < -0.3 is 14.5 Å². The number of nitrogens with two attached hydrogens (primary N) is 1. The van der Waals surface area contributed by atoms with E-state index in [1.54, 1.807) is 12.1 Å². The molecule has 2 N–H and O–H groups in total. The van der Waals surface area contributed by atoms with E-state index >= 15 is 0 Å². The number of benzene rings is 1. The molecule has 18 heavy (non-hydrogen) atoms. The summed E-state index contributed by atoms with van der Waals surface area (Å²) in [6.45, 7) is 0.820. The Kier molecular flexibility index (Phi) is 3.79. The van der Waals surface area contributed by atoms with Crippen molar-refractivity contribution in [3.63, 3.8) is 0 Å². The lowest BCUT2D eigenvalue weighted by molar-refractivity contribution is -0.645. The third-order valence-corrected chi connectivity index (χ3v) is 2.66. The summed E-state index contributed by atoms with van der Waals surface area (Å²) >= 11 is 0. The van der Waals surface area contributed by atoms with Crippen molar-refractivity contribution in [2.45, 2.75) is 6.54 Å². The molecule has 2 rings (SSSR count). The van der Waals surface area contributed by atoms with E-state index in [4.69, 9.17) is 4.42 Å². The molecule has 1 aromatic heterocycles. The Morgan fingerprint density at radius 3 is 2.56 bits per heavy atom. The molecule has 0 amide bonds. The number of hydrogen-bond donors (Lipinski definition) is 1. The van der Waals surface area contributed by atoms with Crippen molar-refractivity contribution in [2.24, 2.45) is 0 Å². The molecule has 94 valence electrons. The lowest BCUT2D eigenvalue weighted by Crippen LogP contribution is -2.77. The summed E-state index contributed by atoms with van der Waals surface area (Å²) < 4.78 is 10.3. The van der Waals surface area contributed by atoms with E-state index in [-0.39, 0.29) is 5.97 Å². The summed E-state index contributed by atoms with van der Waals surface area (Å²) in [5, 5.41) is 2.04. The number of carbonyl (C=O) groups excluding carboxylic acids is 1. The number of methoxy groups -OCH3 is 1. The predicted molar refractivity (Wildman–Crippen MR) is 67.0 cm³/mol. The highest BCUT2D eigenvalue weighted by molar-refractivity contribution is 5.89. The molecule has 0 bridgehead atoms. The standard InChI is InChI=1S/C14H15NO3/c1-15-9-12-7-8-13(18-12)10-3-5-11(6-4-10)14(16)17-2/h3-8,15H,9H2,1-2H3/p+1. The van der Waals surface area contributed by atoms with Crippen LogP contribution in [0.25, 0.3) is 11.3 Å². The summed E-state index contributed by atoms with van der Waals surface area (Å²) in [7, 11) is 3.36. The average Bonchev–Trinajstić information content (AvgIpc) is 2.87. The summed E-state index contributed by atoms with van der Waals surface area (Å²) in [4.78, 5) is 11.3. The molecule has 0 spiro atoms. The van der Waals surface area contributed by atoms with Crippen molar-refractivity contribution in [1.82, 2.24) is 0 Å². The smallest absolute Gasteiger partial charge is 0.337 e. The molecule has 0 atom stereocenters. The van der Waals surface area contributed by atoms with E-state index in [0.29, 0.717) is 5.56 Å². The van der Waals surface area contributed by atoms with E-state index in [1.165, 1.54) is 7.11 Å². The topological polar surface area (TPSA) is 56.0 Å². The van der Waals surface area contributed by atoms with Crippen molar-refractivity contribution in [2.75, 3.05) is 14.2 Å². The van der Waals surface area contributed by atoms with Gasteiger partial charge in [0.1, 0.15) is 12.3 Å². The van der Waals surface area contributed by atoms with Gasteiger partial charge in [-0.2, -0.15) is 0 Å². The molecule has 2 aromatic rings. The first kappa shape index (κ1) is 12.4. The molecule has 1 aromatic carbocycles. The quantitative estimate of drug-likeness (QED) is 0.830. The van der Waals surface area contributed by atoms with Gasteiger partial charge in [0.2, 0.25) is 0 Å². The molecular weight excluding hydrogens is 230 g/mol. The van der Waals surface area contributed by atoms with Crippen LogP contribution in [0.2, 0.25) is 0 Å². The fourth-order valence-corrected chi connectivity index (χ4v) is 1.73. The highest BCUT2D eigenvalue weighted by Crippen LogP contribution is 2.22. The number of rotatable bonds is 4. The Bertz CT molecular complexity index is 528. The molecule has 0 aliphatic carbocycles. The first-order valence-electron chi connectivity index (χ1n) is 5.80. The van der Waals surface area contributed by atoms with Gasteiger partial charge in [0, 0.05) is 5.56 Å². The number of ether oxygens (including phenoxy) is 1. The molecule has 1 heterocycles. The van der Waals surface area contributed by atoms with Crippen molar-refractivity contribution in [3.05, 3.63) is 47.7 Å². The average molecular weight is 246 g/mol. The Balaban J connectivity index is 2.20. The van der Waals surface area contributed by atoms with E-state index in [0.717, 1.165) is 23.6 Å². The second-order valence-electron chi connectivity index (χ2n) is 3.95. The molecule has 0 unspecified atom stereocenters. The van der Waals surface area contributed by atoms with Crippen LogP contribution in [0.4, 0.5) is 0 Å². The molecule has 0 aliphatic rings. The molecular formula is C14H16NO3+. The van der Waals surface area contributed by atoms with Crippen LogP contribution >= 0.6 is 0 Å².